The fourth-order valence-corrected chi connectivity index (χ4v) is 6.60. The lowest BCUT2D eigenvalue weighted by molar-refractivity contribution is -0.146. The van der Waals surface area contributed by atoms with Crippen LogP contribution in [0.1, 0.15) is 49.4 Å². The lowest BCUT2D eigenvalue weighted by Crippen LogP contribution is -2.49. The van der Waals surface area contributed by atoms with Gasteiger partial charge in [0, 0.05) is 49.4 Å². The van der Waals surface area contributed by atoms with Gasteiger partial charge in [-0.1, -0.05) is 37.3 Å². The van der Waals surface area contributed by atoms with Crippen LogP contribution in [0.2, 0.25) is 0 Å². The molecule has 2 aliphatic rings. The normalized spacial score (nSPS) is 18.3. The first-order valence-electron chi connectivity index (χ1n) is 15.3. The number of hydrogen-bond donors (Lipinski definition) is 1. The van der Waals surface area contributed by atoms with E-state index >= 15 is 0 Å². The number of nitrogens with zero attached hydrogens (tertiary/aromatic N) is 5. The van der Waals surface area contributed by atoms with Crippen molar-refractivity contribution in [3.63, 3.8) is 0 Å². The first-order chi connectivity index (χ1) is 22.2. The van der Waals surface area contributed by atoms with E-state index in [-0.39, 0.29) is 30.0 Å². The number of esters is 1. The molecular weight excluding hydrogens is 592 g/mol. The molecule has 4 aromatic rings. The SMILES string of the molecule is CCOC(=O)C1C(C)=Nc2c(c(N3CCN(C(c4ccc(F)cc4)c4ccc(F)cc4)CC3)nc(=O)n2-c2cccc(O)c2)C1C. The van der Waals surface area contributed by atoms with Crippen LogP contribution in [-0.4, -0.2) is 64.0 Å². The number of rotatable bonds is 7. The number of aromatic nitrogens is 2. The Morgan fingerprint density at radius 1 is 0.978 bits per heavy atom. The molecule has 1 N–H and O–H groups in total. The summed E-state index contributed by atoms with van der Waals surface area (Å²) in [4.78, 5) is 40.5. The second-order valence-corrected chi connectivity index (χ2v) is 11.6. The average Bonchev–Trinajstić information content (AvgIpc) is 3.03. The summed E-state index contributed by atoms with van der Waals surface area (Å²) in [6.07, 6.45) is 0. The Balaban J connectivity index is 1.39. The van der Waals surface area contributed by atoms with Crippen molar-refractivity contribution in [2.45, 2.75) is 32.7 Å². The molecule has 3 heterocycles. The van der Waals surface area contributed by atoms with Gasteiger partial charge < -0.3 is 14.7 Å². The number of phenols is 1. The Hall–Kier alpha value is -4.90. The van der Waals surface area contributed by atoms with Crippen LogP contribution < -0.4 is 10.6 Å². The number of phenolic OH excluding ortho intramolecular Hbond substituents is 1. The molecule has 9 nitrogen and oxygen atoms in total. The molecule has 2 aliphatic heterocycles. The molecule has 1 fully saturated rings. The number of halogens is 2. The molecule has 6 rings (SSSR count). The Bertz CT molecular complexity index is 1790. The van der Waals surface area contributed by atoms with Gasteiger partial charge in [0.05, 0.1) is 18.3 Å². The summed E-state index contributed by atoms with van der Waals surface area (Å²) >= 11 is 0. The van der Waals surface area contributed by atoms with E-state index < -0.39 is 23.5 Å². The lowest BCUT2D eigenvalue weighted by atomic mass is 9.82. The molecule has 2 atom stereocenters. The minimum absolute atomic E-state index is 0.0100. The van der Waals surface area contributed by atoms with E-state index in [9.17, 15) is 23.5 Å². The standard InChI is InChI=1S/C35H35F2N5O4/c1-4-46-34(44)29-21(2)30-32(39-35(45)42(33(30)38-22(29)3)27-6-5-7-28(43)20-27)41-18-16-40(17-19-41)31(23-8-12-25(36)13-9-23)24-10-14-26(37)15-11-24/h5-15,20-21,29,31,43H,4,16-19H2,1-3H3. The maximum atomic E-state index is 13.8. The second kappa shape index (κ2) is 12.8. The van der Waals surface area contributed by atoms with Gasteiger partial charge in [0.2, 0.25) is 0 Å². The first kappa shape index (κ1) is 31.1. The summed E-state index contributed by atoms with van der Waals surface area (Å²) in [6.45, 7) is 7.75. The van der Waals surface area contributed by atoms with Crippen LogP contribution in [0.3, 0.4) is 0 Å². The van der Waals surface area contributed by atoms with E-state index in [0.717, 1.165) is 11.1 Å². The van der Waals surface area contributed by atoms with Crippen molar-refractivity contribution in [1.82, 2.24) is 14.5 Å². The summed E-state index contributed by atoms with van der Waals surface area (Å²) in [6, 6.07) is 18.7. The molecule has 238 valence electrons. The third kappa shape index (κ3) is 5.90. The summed E-state index contributed by atoms with van der Waals surface area (Å²) in [5, 5.41) is 10.2. The van der Waals surface area contributed by atoms with Crippen LogP contribution in [0.25, 0.3) is 5.69 Å². The van der Waals surface area contributed by atoms with Gasteiger partial charge in [0.25, 0.3) is 0 Å². The van der Waals surface area contributed by atoms with Crippen molar-refractivity contribution >= 4 is 23.3 Å². The van der Waals surface area contributed by atoms with Crippen LogP contribution in [0, 0.1) is 17.6 Å². The third-order valence-electron chi connectivity index (χ3n) is 8.75. The van der Waals surface area contributed by atoms with Crippen molar-refractivity contribution < 1.29 is 23.4 Å². The molecule has 1 saturated heterocycles. The molecule has 2 unspecified atom stereocenters. The summed E-state index contributed by atoms with van der Waals surface area (Å²) < 4.78 is 34.4. The molecule has 46 heavy (non-hydrogen) atoms. The number of carbonyl (C=O) groups excluding carboxylic acids is 1. The molecule has 11 heteroatoms. The van der Waals surface area contributed by atoms with Crippen molar-refractivity contribution in [3.05, 3.63) is 112 Å². The van der Waals surface area contributed by atoms with Gasteiger partial charge in [-0.05, 0) is 61.4 Å². The highest BCUT2D eigenvalue weighted by molar-refractivity contribution is 6.04. The number of benzene rings is 3. The van der Waals surface area contributed by atoms with Gasteiger partial charge in [-0.25, -0.2) is 23.1 Å². The summed E-state index contributed by atoms with van der Waals surface area (Å²) in [5.41, 5.74) is 2.77. The Labute approximate surface area is 265 Å². The highest BCUT2D eigenvalue weighted by Crippen LogP contribution is 2.44. The predicted molar refractivity (Wildman–Crippen MR) is 171 cm³/mol. The highest BCUT2D eigenvalue weighted by atomic mass is 19.1. The van der Waals surface area contributed by atoms with Gasteiger partial charge in [-0.3, -0.25) is 9.69 Å². The number of hydrogen-bond acceptors (Lipinski definition) is 8. The molecule has 0 bridgehead atoms. The zero-order chi connectivity index (χ0) is 32.5. The maximum absolute atomic E-state index is 13.8. The monoisotopic (exact) mass is 627 g/mol. The number of aromatic hydroxyl groups is 1. The van der Waals surface area contributed by atoms with E-state index in [0.29, 0.717) is 54.8 Å². The van der Waals surface area contributed by atoms with Gasteiger partial charge >= 0.3 is 11.7 Å². The Morgan fingerprint density at radius 2 is 1.59 bits per heavy atom. The second-order valence-electron chi connectivity index (χ2n) is 11.6. The molecule has 0 saturated carbocycles. The van der Waals surface area contributed by atoms with E-state index in [1.54, 1.807) is 50.2 Å². The fourth-order valence-electron chi connectivity index (χ4n) is 6.60. The van der Waals surface area contributed by atoms with Crippen molar-refractivity contribution in [2.75, 3.05) is 37.7 Å². The largest absolute Gasteiger partial charge is 0.508 e. The van der Waals surface area contributed by atoms with Crippen LogP contribution in [0.15, 0.2) is 82.6 Å². The van der Waals surface area contributed by atoms with Crippen LogP contribution >= 0.6 is 0 Å². The fraction of sp³-hybridized carbons (Fsp3) is 0.314. The quantitative estimate of drug-likeness (QED) is 0.270. The average molecular weight is 628 g/mol. The van der Waals surface area contributed by atoms with Crippen molar-refractivity contribution in [1.29, 1.82) is 0 Å². The lowest BCUT2D eigenvalue weighted by Gasteiger charge is -2.41. The smallest absolute Gasteiger partial charge is 0.355 e. The van der Waals surface area contributed by atoms with E-state index in [1.165, 1.54) is 41.0 Å². The van der Waals surface area contributed by atoms with Crippen LogP contribution in [0.5, 0.6) is 5.75 Å². The Morgan fingerprint density at radius 3 is 2.15 bits per heavy atom. The van der Waals surface area contributed by atoms with E-state index in [1.807, 2.05) is 11.8 Å². The van der Waals surface area contributed by atoms with Crippen LogP contribution in [0.4, 0.5) is 20.4 Å². The number of ether oxygens (including phenoxy) is 1. The van der Waals surface area contributed by atoms with Crippen molar-refractivity contribution in [2.24, 2.45) is 10.9 Å². The molecule has 1 aromatic heterocycles. The summed E-state index contributed by atoms with van der Waals surface area (Å²) in [7, 11) is 0. The zero-order valence-electron chi connectivity index (χ0n) is 25.9. The topological polar surface area (TPSA) is 100 Å². The molecule has 0 spiro atoms. The van der Waals surface area contributed by atoms with Gasteiger partial charge in [-0.2, -0.15) is 4.98 Å². The molecule has 0 radical (unpaired) electrons. The summed E-state index contributed by atoms with van der Waals surface area (Å²) in [5.74, 6) is -1.34. The maximum Gasteiger partial charge on any atom is 0.355 e. The third-order valence-corrected chi connectivity index (χ3v) is 8.75. The van der Waals surface area contributed by atoms with Crippen LogP contribution in [-0.2, 0) is 9.53 Å². The molecule has 0 aliphatic carbocycles. The molecule has 0 amide bonds. The molecular formula is C35H35F2N5O4. The van der Waals surface area contributed by atoms with E-state index in [2.05, 4.69) is 9.88 Å². The number of fused-ring (bicyclic) bond motifs is 1. The minimum atomic E-state index is -0.661. The molecule has 3 aromatic carbocycles. The van der Waals surface area contributed by atoms with Gasteiger partial charge in [0.1, 0.15) is 34.9 Å². The first-order valence-corrected chi connectivity index (χ1v) is 15.3. The van der Waals surface area contributed by atoms with E-state index in [4.69, 9.17) is 9.73 Å². The highest BCUT2D eigenvalue weighted by Gasteiger charge is 2.40. The number of aliphatic imine (C=N–C) groups is 1. The predicted octanol–water partition coefficient (Wildman–Crippen LogP) is 5.52. The minimum Gasteiger partial charge on any atom is -0.508 e. The number of carbonyl (C=O) groups is 1. The number of anilines is 1. The Kier molecular flexibility index (Phi) is 8.68. The van der Waals surface area contributed by atoms with Crippen molar-refractivity contribution in [3.8, 4) is 11.4 Å². The zero-order valence-corrected chi connectivity index (χ0v) is 25.9. The number of piperazine rings is 1. The van der Waals surface area contributed by atoms with Gasteiger partial charge in [-0.15, -0.1) is 0 Å². The van der Waals surface area contributed by atoms with Gasteiger partial charge in [0.15, 0.2) is 0 Å².